The first-order valence-corrected chi connectivity index (χ1v) is 5.69. The van der Waals surface area contributed by atoms with Crippen LogP contribution in [-0.2, 0) is 0 Å². The zero-order valence-electron chi connectivity index (χ0n) is 9.32. The Morgan fingerprint density at radius 3 is 3.07 bits per heavy atom. The summed E-state index contributed by atoms with van der Waals surface area (Å²) in [6.07, 6.45) is 6.66. The minimum atomic E-state index is 0.236. The normalized spacial score (nSPS) is 24.8. The van der Waals surface area contributed by atoms with Crippen LogP contribution in [0.1, 0.15) is 39.5 Å². The molecule has 14 heavy (non-hydrogen) atoms. The molecule has 1 fully saturated rings. The average molecular weight is 198 g/mol. The van der Waals surface area contributed by atoms with E-state index in [4.69, 9.17) is 5.11 Å². The lowest BCUT2D eigenvalue weighted by Gasteiger charge is -2.19. The summed E-state index contributed by atoms with van der Waals surface area (Å²) in [5.41, 5.74) is 0. The van der Waals surface area contributed by atoms with E-state index in [1.54, 1.807) is 0 Å². The van der Waals surface area contributed by atoms with Crippen LogP contribution >= 0.6 is 0 Å². The van der Waals surface area contributed by atoms with Crippen molar-refractivity contribution in [2.24, 2.45) is 11.0 Å². The third kappa shape index (κ3) is 3.29. The van der Waals surface area contributed by atoms with Crippen LogP contribution in [0.2, 0.25) is 0 Å². The van der Waals surface area contributed by atoms with E-state index >= 15 is 0 Å². The number of hydrazone groups is 1. The van der Waals surface area contributed by atoms with E-state index in [0.29, 0.717) is 5.92 Å². The fourth-order valence-corrected chi connectivity index (χ4v) is 1.89. The number of nitrogens with zero attached hydrogens (tertiary/aromatic N) is 2. The maximum atomic E-state index is 9.09. The zero-order chi connectivity index (χ0) is 10.4. The molecule has 1 aliphatic rings. The molecule has 2 atom stereocenters. The molecule has 1 saturated heterocycles. The van der Waals surface area contributed by atoms with Crippen LogP contribution in [0.4, 0.5) is 0 Å². The van der Waals surface area contributed by atoms with Crippen LogP contribution in [0, 0.1) is 5.92 Å². The molecule has 0 bridgehead atoms. The monoisotopic (exact) mass is 198 g/mol. The highest BCUT2D eigenvalue weighted by Gasteiger charge is 2.21. The molecule has 3 nitrogen and oxygen atoms in total. The minimum Gasteiger partial charge on any atom is -0.394 e. The van der Waals surface area contributed by atoms with Gasteiger partial charge in [0, 0.05) is 12.8 Å². The molecule has 1 rings (SSSR count). The van der Waals surface area contributed by atoms with Crippen LogP contribution < -0.4 is 0 Å². The lowest BCUT2D eigenvalue weighted by molar-refractivity contribution is 0.163. The van der Waals surface area contributed by atoms with Gasteiger partial charge < -0.3 is 5.11 Å². The van der Waals surface area contributed by atoms with Crippen molar-refractivity contribution in [2.45, 2.75) is 45.6 Å². The van der Waals surface area contributed by atoms with Crippen LogP contribution in [-0.4, -0.2) is 35.5 Å². The van der Waals surface area contributed by atoms with E-state index in [-0.39, 0.29) is 12.6 Å². The molecule has 0 spiro atoms. The van der Waals surface area contributed by atoms with Crippen LogP contribution in [0.3, 0.4) is 0 Å². The van der Waals surface area contributed by atoms with Gasteiger partial charge in [-0.2, -0.15) is 5.10 Å². The van der Waals surface area contributed by atoms with Gasteiger partial charge in [0.2, 0.25) is 0 Å². The second kappa shape index (κ2) is 6.02. The van der Waals surface area contributed by atoms with Crippen LogP contribution in [0.5, 0.6) is 0 Å². The van der Waals surface area contributed by atoms with Gasteiger partial charge in [-0.05, 0) is 25.2 Å². The molecule has 0 amide bonds. The first-order chi connectivity index (χ1) is 6.77. The molecule has 1 heterocycles. The maximum Gasteiger partial charge on any atom is 0.0702 e. The Labute approximate surface area is 86.8 Å². The Hall–Kier alpha value is -0.570. The topological polar surface area (TPSA) is 35.8 Å². The minimum absolute atomic E-state index is 0.236. The van der Waals surface area contributed by atoms with E-state index in [1.807, 2.05) is 11.2 Å². The fourth-order valence-electron chi connectivity index (χ4n) is 1.89. The Kier molecular flexibility index (Phi) is 4.94. The standard InChI is InChI=1S/C11H22N2O/c1-3-5-10(2)8-12-13-7-4-6-11(13)9-14/h8,10-11,14H,3-7,9H2,1-2H3/b12-8+/t10-,11-/m1/s1. The summed E-state index contributed by atoms with van der Waals surface area (Å²) in [6, 6.07) is 0.264. The molecule has 1 N–H and O–H groups in total. The highest BCUT2D eigenvalue weighted by molar-refractivity contribution is 5.59. The van der Waals surface area contributed by atoms with Crippen molar-refractivity contribution >= 4 is 6.21 Å². The first kappa shape index (κ1) is 11.5. The third-order valence-electron chi connectivity index (χ3n) is 2.77. The molecule has 0 aliphatic carbocycles. The molecule has 0 saturated carbocycles. The van der Waals surface area contributed by atoms with Crippen molar-refractivity contribution in [1.82, 2.24) is 5.01 Å². The van der Waals surface area contributed by atoms with Crippen molar-refractivity contribution in [3.8, 4) is 0 Å². The van der Waals surface area contributed by atoms with Gasteiger partial charge in [0.1, 0.15) is 0 Å². The molecule has 1 aliphatic heterocycles. The van der Waals surface area contributed by atoms with Gasteiger partial charge in [0.15, 0.2) is 0 Å². The summed E-state index contributed by atoms with van der Waals surface area (Å²) in [4.78, 5) is 0. The molecular formula is C11H22N2O. The van der Waals surface area contributed by atoms with E-state index in [2.05, 4.69) is 18.9 Å². The first-order valence-electron chi connectivity index (χ1n) is 5.69. The molecular weight excluding hydrogens is 176 g/mol. The number of aliphatic hydroxyl groups is 1. The summed E-state index contributed by atoms with van der Waals surface area (Å²) in [7, 11) is 0. The van der Waals surface area contributed by atoms with Crippen molar-refractivity contribution < 1.29 is 5.11 Å². The van der Waals surface area contributed by atoms with Gasteiger partial charge in [-0.3, -0.25) is 5.01 Å². The molecule has 0 aromatic heterocycles. The smallest absolute Gasteiger partial charge is 0.0702 e. The van der Waals surface area contributed by atoms with Gasteiger partial charge in [-0.1, -0.05) is 20.3 Å². The Bertz CT molecular complexity index is 182. The van der Waals surface area contributed by atoms with Crippen molar-refractivity contribution in [2.75, 3.05) is 13.2 Å². The molecule has 0 radical (unpaired) electrons. The largest absolute Gasteiger partial charge is 0.394 e. The molecule has 0 unspecified atom stereocenters. The van der Waals surface area contributed by atoms with E-state index in [9.17, 15) is 0 Å². The Morgan fingerprint density at radius 1 is 1.64 bits per heavy atom. The SMILES string of the molecule is CCC[C@@H](C)/C=N/N1CCC[C@@H]1CO. The zero-order valence-corrected chi connectivity index (χ0v) is 9.32. The van der Waals surface area contributed by atoms with E-state index < -0.39 is 0 Å². The average Bonchev–Trinajstić information content (AvgIpc) is 2.62. The van der Waals surface area contributed by atoms with Gasteiger partial charge in [-0.25, -0.2) is 0 Å². The van der Waals surface area contributed by atoms with Gasteiger partial charge >= 0.3 is 0 Å². The summed E-state index contributed by atoms with van der Waals surface area (Å²) in [5.74, 6) is 0.556. The number of hydrogen-bond donors (Lipinski definition) is 1. The third-order valence-corrected chi connectivity index (χ3v) is 2.77. The maximum absolute atomic E-state index is 9.09. The van der Waals surface area contributed by atoms with Crippen LogP contribution in [0.15, 0.2) is 5.10 Å². The fraction of sp³-hybridized carbons (Fsp3) is 0.909. The second-order valence-electron chi connectivity index (χ2n) is 4.17. The summed E-state index contributed by atoms with van der Waals surface area (Å²) in [6.45, 7) is 5.62. The van der Waals surface area contributed by atoms with E-state index in [0.717, 1.165) is 19.4 Å². The highest BCUT2D eigenvalue weighted by atomic mass is 16.3. The highest BCUT2D eigenvalue weighted by Crippen LogP contribution is 2.16. The van der Waals surface area contributed by atoms with Gasteiger partial charge in [0.25, 0.3) is 0 Å². The summed E-state index contributed by atoms with van der Waals surface area (Å²) in [5, 5.41) is 15.6. The van der Waals surface area contributed by atoms with Gasteiger partial charge in [0.05, 0.1) is 12.6 Å². The summed E-state index contributed by atoms with van der Waals surface area (Å²) >= 11 is 0. The second-order valence-corrected chi connectivity index (χ2v) is 4.17. The Morgan fingerprint density at radius 2 is 2.43 bits per heavy atom. The van der Waals surface area contributed by atoms with Crippen LogP contribution in [0.25, 0.3) is 0 Å². The molecule has 82 valence electrons. The van der Waals surface area contributed by atoms with Crippen molar-refractivity contribution in [1.29, 1.82) is 0 Å². The molecule has 3 heteroatoms. The number of hydrogen-bond acceptors (Lipinski definition) is 3. The molecule has 0 aromatic rings. The van der Waals surface area contributed by atoms with Gasteiger partial charge in [-0.15, -0.1) is 0 Å². The predicted molar refractivity (Wildman–Crippen MR) is 59.4 cm³/mol. The summed E-state index contributed by atoms with van der Waals surface area (Å²) < 4.78 is 0. The predicted octanol–water partition coefficient (Wildman–Crippen LogP) is 1.87. The quantitative estimate of drug-likeness (QED) is 0.684. The Balaban J connectivity index is 2.34. The van der Waals surface area contributed by atoms with E-state index in [1.165, 1.54) is 12.8 Å². The number of rotatable bonds is 5. The van der Waals surface area contributed by atoms with Crippen molar-refractivity contribution in [3.05, 3.63) is 0 Å². The lowest BCUT2D eigenvalue weighted by Crippen LogP contribution is -2.27. The lowest BCUT2D eigenvalue weighted by atomic mass is 10.1. The number of aliphatic hydroxyl groups excluding tert-OH is 1. The van der Waals surface area contributed by atoms with Crippen molar-refractivity contribution in [3.63, 3.8) is 0 Å². The molecule has 0 aromatic carbocycles.